The summed E-state index contributed by atoms with van der Waals surface area (Å²) in [6.45, 7) is 1.79. The molecule has 5 aromatic rings. The molecule has 12 heteroatoms. The van der Waals surface area contributed by atoms with Gasteiger partial charge in [0.15, 0.2) is 11.5 Å². The Kier molecular flexibility index (Phi) is 5.34. The van der Waals surface area contributed by atoms with E-state index < -0.39 is 22.2 Å². The number of terminal acetylenes is 1. The van der Waals surface area contributed by atoms with Crippen LogP contribution in [0.25, 0.3) is 22.1 Å². The van der Waals surface area contributed by atoms with Crippen molar-refractivity contribution < 1.29 is 13.2 Å². The zero-order chi connectivity index (χ0) is 28.6. The van der Waals surface area contributed by atoms with Crippen molar-refractivity contribution in [2.24, 2.45) is 5.14 Å². The van der Waals surface area contributed by atoms with Crippen LogP contribution in [0.1, 0.15) is 64.0 Å². The van der Waals surface area contributed by atoms with Crippen molar-refractivity contribution in [1.82, 2.24) is 24.5 Å². The summed E-state index contributed by atoms with van der Waals surface area (Å²) in [5, 5.41) is 13.7. The third-order valence-electron chi connectivity index (χ3n) is 7.79. The highest BCUT2D eigenvalue weighted by molar-refractivity contribution is 7.90. The van der Waals surface area contributed by atoms with E-state index >= 15 is 0 Å². The quantitative estimate of drug-likeness (QED) is 0.269. The third-order valence-corrected chi connectivity index (χ3v) is 8.27. The fourth-order valence-corrected chi connectivity index (χ4v) is 6.58. The van der Waals surface area contributed by atoms with Gasteiger partial charge < -0.3 is 5.32 Å². The Morgan fingerprint density at radius 2 is 1.93 bits per heavy atom. The first kappa shape index (κ1) is 25.0. The maximum Gasteiger partial charge on any atom is 0.297 e. The van der Waals surface area contributed by atoms with E-state index in [1.165, 1.54) is 16.9 Å². The molecule has 3 atom stereocenters. The Labute approximate surface area is 234 Å². The minimum absolute atomic E-state index is 0.100. The van der Waals surface area contributed by atoms with E-state index in [0.29, 0.717) is 28.2 Å². The molecule has 2 aromatic carbocycles. The number of carbonyl (C=O) groups is 1. The van der Waals surface area contributed by atoms with Crippen LogP contribution in [0.5, 0.6) is 0 Å². The van der Waals surface area contributed by atoms with Crippen LogP contribution in [0.4, 0.5) is 5.82 Å². The molecule has 2 aliphatic carbocycles. The number of nitrogens with zero attached hydrogens (tertiary/aromatic N) is 4. The summed E-state index contributed by atoms with van der Waals surface area (Å²) in [6, 6.07) is 14.0. The summed E-state index contributed by atoms with van der Waals surface area (Å²) < 4.78 is 28.7. The van der Waals surface area contributed by atoms with Crippen LogP contribution < -0.4 is 20.7 Å². The molecule has 1 fully saturated rings. The molecule has 1 saturated carbocycles. The molecule has 204 valence electrons. The van der Waals surface area contributed by atoms with Crippen molar-refractivity contribution in [3.05, 3.63) is 99.2 Å². The predicted octanol–water partition coefficient (Wildman–Crippen LogP) is 2.71. The van der Waals surface area contributed by atoms with E-state index in [-0.39, 0.29) is 28.5 Å². The molecule has 4 N–H and O–H groups in total. The van der Waals surface area contributed by atoms with E-state index in [1.54, 1.807) is 17.6 Å². The van der Waals surface area contributed by atoms with Crippen molar-refractivity contribution in [3.8, 4) is 18.0 Å². The number of hydrogen-bond acceptors (Lipinski definition) is 6. The van der Waals surface area contributed by atoms with Gasteiger partial charge in [0, 0.05) is 23.6 Å². The van der Waals surface area contributed by atoms with Gasteiger partial charge in [0.05, 0.1) is 17.1 Å². The molecule has 0 bridgehead atoms. The van der Waals surface area contributed by atoms with Crippen LogP contribution in [0.2, 0.25) is 0 Å². The Balaban J connectivity index is 1.43. The minimum Gasteiger partial charge on any atom is -0.344 e. The SMILES string of the molecule is C#Cc1ccc2c3c(c([C@H](C)NC(=O)c4c(NS(N)(=O)=O)nn5cccnc45)n(-c4ccccc4)c(=O)c13)[C@H]1C[C@@H]21. The predicted molar refractivity (Wildman–Crippen MR) is 153 cm³/mol. The van der Waals surface area contributed by atoms with Crippen molar-refractivity contribution in [3.63, 3.8) is 0 Å². The van der Waals surface area contributed by atoms with Crippen LogP contribution in [0.3, 0.4) is 0 Å². The van der Waals surface area contributed by atoms with Gasteiger partial charge in [-0.3, -0.25) is 18.9 Å². The van der Waals surface area contributed by atoms with Crippen LogP contribution in [-0.4, -0.2) is 33.5 Å². The summed E-state index contributed by atoms with van der Waals surface area (Å²) in [5.74, 6) is 2.27. The fraction of sp³-hybridized carbons (Fsp3) is 0.172. The number of nitrogens with one attached hydrogen (secondary N) is 2. The lowest BCUT2D eigenvalue weighted by atomic mass is 9.94. The van der Waals surface area contributed by atoms with Crippen LogP contribution in [-0.2, 0) is 10.2 Å². The average molecular weight is 566 g/mol. The van der Waals surface area contributed by atoms with Crippen LogP contribution in [0.15, 0.2) is 65.7 Å². The Morgan fingerprint density at radius 3 is 2.66 bits per heavy atom. The zero-order valence-corrected chi connectivity index (χ0v) is 22.5. The molecule has 2 aliphatic rings. The highest BCUT2D eigenvalue weighted by Crippen LogP contribution is 2.64. The number of anilines is 1. The fourth-order valence-electron chi connectivity index (χ4n) is 6.16. The van der Waals surface area contributed by atoms with Gasteiger partial charge in [-0.25, -0.2) is 14.6 Å². The average Bonchev–Trinajstić information content (AvgIpc) is 3.55. The number of amides is 1. The number of rotatable bonds is 6. The topological polar surface area (TPSA) is 153 Å². The Morgan fingerprint density at radius 1 is 1.15 bits per heavy atom. The molecule has 0 aliphatic heterocycles. The van der Waals surface area contributed by atoms with Crippen LogP contribution >= 0.6 is 0 Å². The van der Waals surface area contributed by atoms with Crippen molar-refractivity contribution in [2.75, 3.05) is 4.72 Å². The van der Waals surface area contributed by atoms with Gasteiger partial charge in [0.1, 0.15) is 5.56 Å². The number of nitrogens with two attached hydrogens (primary N) is 1. The molecule has 3 aromatic heterocycles. The maximum absolute atomic E-state index is 14.2. The third kappa shape index (κ3) is 3.81. The molecule has 0 spiro atoms. The summed E-state index contributed by atoms with van der Waals surface area (Å²) in [5.41, 5.74) is 3.67. The summed E-state index contributed by atoms with van der Waals surface area (Å²) in [7, 11) is -4.24. The molecule has 7 rings (SSSR count). The smallest absolute Gasteiger partial charge is 0.297 e. The first-order valence-electron chi connectivity index (χ1n) is 12.9. The standard InChI is InChI=1S/C29H23N7O4S/c1-3-16-10-11-18-19-14-20(19)23-22(18)21(16)29(38)36(17-8-5-4-6-9-17)25(23)15(2)32-28(37)24-26(34-41(30,39)40)33-35-13-7-12-31-27(24)35/h1,4-13,15,19-20H,14H2,2H3,(H,32,37)(H,33,34)(H2,30,39,40)/t15-,19-,20-/m0/s1. The molecule has 3 heterocycles. The van der Waals surface area contributed by atoms with E-state index in [9.17, 15) is 18.0 Å². The number of aromatic nitrogens is 4. The second-order valence-corrected chi connectivity index (χ2v) is 11.6. The van der Waals surface area contributed by atoms with E-state index in [4.69, 9.17) is 11.6 Å². The second-order valence-electron chi connectivity index (χ2n) is 10.3. The lowest BCUT2D eigenvalue weighted by Gasteiger charge is -2.25. The molecule has 1 amide bonds. The largest absolute Gasteiger partial charge is 0.344 e. The monoisotopic (exact) mass is 565 g/mol. The zero-order valence-electron chi connectivity index (χ0n) is 21.7. The number of fused-ring (bicyclic) bond motifs is 4. The molecule has 41 heavy (non-hydrogen) atoms. The minimum atomic E-state index is -4.24. The summed E-state index contributed by atoms with van der Waals surface area (Å²) in [4.78, 5) is 32.3. The number of para-hydroxylation sites is 1. The molecular weight excluding hydrogens is 542 g/mol. The number of pyridine rings is 1. The van der Waals surface area contributed by atoms with Crippen molar-refractivity contribution in [2.45, 2.75) is 31.2 Å². The van der Waals surface area contributed by atoms with E-state index in [0.717, 1.165) is 22.9 Å². The number of benzene rings is 2. The van der Waals surface area contributed by atoms with Gasteiger partial charge in [0.2, 0.25) is 0 Å². The van der Waals surface area contributed by atoms with Gasteiger partial charge >= 0.3 is 0 Å². The van der Waals surface area contributed by atoms with Gasteiger partial charge in [-0.05, 0) is 66.0 Å². The first-order valence-corrected chi connectivity index (χ1v) is 14.4. The van der Waals surface area contributed by atoms with Crippen LogP contribution in [0, 0.1) is 12.3 Å². The number of carbonyl (C=O) groups excluding carboxylic acids is 1. The molecular formula is C29H23N7O4S. The number of hydrogen-bond donors (Lipinski definition) is 3. The molecule has 11 nitrogen and oxygen atoms in total. The Hall–Kier alpha value is -4.99. The van der Waals surface area contributed by atoms with Crippen molar-refractivity contribution >= 4 is 38.4 Å². The van der Waals surface area contributed by atoms with Gasteiger partial charge in [-0.2, -0.15) is 8.42 Å². The van der Waals surface area contributed by atoms with E-state index in [2.05, 4.69) is 26.0 Å². The molecule has 0 saturated heterocycles. The second kappa shape index (κ2) is 8.76. The summed E-state index contributed by atoms with van der Waals surface area (Å²) >= 11 is 0. The van der Waals surface area contributed by atoms with Gasteiger partial charge in [-0.15, -0.1) is 11.5 Å². The molecule has 0 unspecified atom stereocenters. The lowest BCUT2D eigenvalue weighted by Crippen LogP contribution is -2.34. The van der Waals surface area contributed by atoms with Gasteiger partial charge in [-0.1, -0.05) is 30.2 Å². The van der Waals surface area contributed by atoms with Crippen molar-refractivity contribution in [1.29, 1.82) is 0 Å². The Bertz CT molecular complexity index is 2150. The first-order chi connectivity index (χ1) is 19.7. The van der Waals surface area contributed by atoms with E-state index in [1.807, 2.05) is 42.5 Å². The summed E-state index contributed by atoms with van der Waals surface area (Å²) in [6.07, 6.45) is 9.78. The molecule has 0 radical (unpaired) electrons. The maximum atomic E-state index is 14.2. The highest BCUT2D eigenvalue weighted by Gasteiger charge is 2.50. The lowest BCUT2D eigenvalue weighted by molar-refractivity contribution is 0.0941. The normalized spacial score (nSPS) is 17.7. The van der Waals surface area contributed by atoms with Gasteiger partial charge in [0.25, 0.3) is 21.7 Å². The highest BCUT2D eigenvalue weighted by atomic mass is 32.2.